The third kappa shape index (κ3) is 2.67. The molecule has 0 spiro atoms. The van der Waals surface area contributed by atoms with E-state index in [4.69, 9.17) is 10.5 Å². The molecule has 1 saturated heterocycles. The molecular weight excluding hydrogens is 228 g/mol. The lowest BCUT2D eigenvalue weighted by Crippen LogP contribution is -2.45. The largest absolute Gasteiger partial charge is 0.479 e. The number of piperidine rings is 1. The van der Waals surface area contributed by atoms with Crippen molar-refractivity contribution in [2.45, 2.75) is 18.9 Å². The van der Waals surface area contributed by atoms with Crippen LogP contribution in [-0.2, 0) is 0 Å². The standard InChI is InChI=1S/C13H22N4O/c1-16-8-4-5-10(9-16)17(2)12-7-6-11(14)13(15-12)18-3/h6-7,10H,4-5,8-9,14H2,1-3H3. The zero-order valence-electron chi connectivity index (χ0n) is 11.4. The Labute approximate surface area is 109 Å². The van der Waals surface area contributed by atoms with Gasteiger partial charge in [0.25, 0.3) is 0 Å². The van der Waals surface area contributed by atoms with Crippen molar-refractivity contribution in [1.29, 1.82) is 0 Å². The Morgan fingerprint density at radius 3 is 2.94 bits per heavy atom. The summed E-state index contributed by atoms with van der Waals surface area (Å²) in [7, 11) is 5.84. The third-order valence-corrected chi connectivity index (χ3v) is 3.58. The van der Waals surface area contributed by atoms with Gasteiger partial charge >= 0.3 is 0 Å². The van der Waals surface area contributed by atoms with Gasteiger partial charge in [-0.15, -0.1) is 0 Å². The molecule has 1 aliphatic heterocycles. The highest BCUT2D eigenvalue weighted by atomic mass is 16.5. The molecule has 5 nitrogen and oxygen atoms in total. The predicted molar refractivity (Wildman–Crippen MR) is 74.1 cm³/mol. The number of likely N-dealkylation sites (tertiary alicyclic amines) is 1. The predicted octanol–water partition coefficient (Wildman–Crippen LogP) is 1.20. The number of hydrogen-bond acceptors (Lipinski definition) is 5. The molecule has 2 heterocycles. The van der Waals surface area contributed by atoms with Gasteiger partial charge in [0.05, 0.1) is 12.8 Å². The summed E-state index contributed by atoms with van der Waals surface area (Å²) in [5, 5.41) is 0. The van der Waals surface area contributed by atoms with Gasteiger partial charge in [-0.1, -0.05) is 0 Å². The number of nitrogens with zero attached hydrogens (tertiary/aromatic N) is 3. The molecule has 0 amide bonds. The third-order valence-electron chi connectivity index (χ3n) is 3.58. The zero-order chi connectivity index (χ0) is 13.1. The van der Waals surface area contributed by atoms with Crippen LogP contribution in [0.5, 0.6) is 5.88 Å². The molecule has 0 aromatic carbocycles. The minimum Gasteiger partial charge on any atom is -0.479 e. The number of anilines is 2. The van der Waals surface area contributed by atoms with E-state index in [-0.39, 0.29) is 0 Å². The summed E-state index contributed by atoms with van der Waals surface area (Å²) in [6.45, 7) is 2.26. The maximum atomic E-state index is 5.79. The van der Waals surface area contributed by atoms with E-state index in [9.17, 15) is 0 Å². The van der Waals surface area contributed by atoms with Gasteiger partial charge in [0.1, 0.15) is 5.82 Å². The first kappa shape index (κ1) is 13.0. The first-order valence-electron chi connectivity index (χ1n) is 6.33. The second-order valence-corrected chi connectivity index (χ2v) is 4.94. The van der Waals surface area contributed by atoms with Crippen molar-refractivity contribution in [2.24, 2.45) is 0 Å². The van der Waals surface area contributed by atoms with E-state index in [0.29, 0.717) is 17.6 Å². The minimum atomic E-state index is 0.503. The number of ether oxygens (including phenoxy) is 1. The minimum absolute atomic E-state index is 0.503. The van der Waals surface area contributed by atoms with Crippen LogP contribution in [0.3, 0.4) is 0 Å². The number of methoxy groups -OCH3 is 1. The van der Waals surface area contributed by atoms with Crippen LogP contribution in [0.2, 0.25) is 0 Å². The first-order chi connectivity index (χ1) is 8.61. The summed E-state index contributed by atoms with van der Waals surface area (Å²) in [4.78, 5) is 9.03. The maximum absolute atomic E-state index is 5.79. The highest BCUT2D eigenvalue weighted by Gasteiger charge is 2.22. The molecule has 0 bridgehead atoms. The van der Waals surface area contributed by atoms with E-state index >= 15 is 0 Å². The highest BCUT2D eigenvalue weighted by molar-refractivity contribution is 5.54. The van der Waals surface area contributed by atoms with E-state index in [2.05, 4.69) is 28.9 Å². The monoisotopic (exact) mass is 250 g/mol. The van der Waals surface area contributed by atoms with E-state index in [0.717, 1.165) is 12.4 Å². The summed E-state index contributed by atoms with van der Waals surface area (Å²) in [5.41, 5.74) is 6.37. The molecule has 100 valence electrons. The Morgan fingerprint density at radius 1 is 1.50 bits per heavy atom. The van der Waals surface area contributed by atoms with Crippen LogP contribution < -0.4 is 15.4 Å². The smallest absolute Gasteiger partial charge is 0.238 e. The summed E-state index contributed by atoms with van der Waals surface area (Å²) < 4.78 is 5.17. The summed E-state index contributed by atoms with van der Waals surface area (Å²) in [6.07, 6.45) is 2.44. The van der Waals surface area contributed by atoms with Gasteiger partial charge in [0.15, 0.2) is 0 Å². The molecule has 1 aliphatic rings. The van der Waals surface area contributed by atoms with Gasteiger partial charge in [-0.05, 0) is 38.6 Å². The fraction of sp³-hybridized carbons (Fsp3) is 0.615. The van der Waals surface area contributed by atoms with Crippen molar-refractivity contribution < 1.29 is 4.74 Å². The Hall–Kier alpha value is -1.49. The van der Waals surface area contributed by atoms with Crippen LogP contribution in [0, 0.1) is 0 Å². The quantitative estimate of drug-likeness (QED) is 0.873. The summed E-state index contributed by atoms with van der Waals surface area (Å²) in [5.74, 6) is 1.42. The lowest BCUT2D eigenvalue weighted by atomic mass is 10.1. The molecule has 1 fully saturated rings. The molecule has 18 heavy (non-hydrogen) atoms. The van der Waals surface area contributed by atoms with Crippen LogP contribution in [0.1, 0.15) is 12.8 Å². The number of pyridine rings is 1. The Bertz CT molecular complexity index is 410. The number of hydrogen-bond donors (Lipinski definition) is 1. The van der Waals surface area contributed by atoms with Crippen LogP contribution in [-0.4, -0.2) is 50.2 Å². The Kier molecular flexibility index (Phi) is 3.91. The first-order valence-corrected chi connectivity index (χ1v) is 6.33. The molecule has 2 N–H and O–H groups in total. The van der Waals surface area contributed by atoms with Crippen molar-refractivity contribution in [1.82, 2.24) is 9.88 Å². The molecule has 1 aromatic heterocycles. The van der Waals surface area contributed by atoms with Crippen molar-refractivity contribution in [3.63, 3.8) is 0 Å². The number of rotatable bonds is 3. The van der Waals surface area contributed by atoms with Gasteiger partial charge < -0.3 is 20.3 Å². The molecule has 0 aliphatic carbocycles. The van der Waals surface area contributed by atoms with Crippen LogP contribution in [0.15, 0.2) is 12.1 Å². The average Bonchev–Trinajstić information content (AvgIpc) is 2.38. The molecule has 0 saturated carbocycles. The maximum Gasteiger partial charge on any atom is 0.238 e. The number of likely N-dealkylation sites (N-methyl/N-ethyl adjacent to an activating group) is 2. The molecule has 2 rings (SSSR count). The van der Waals surface area contributed by atoms with E-state index in [1.54, 1.807) is 7.11 Å². The second-order valence-electron chi connectivity index (χ2n) is 4.94. The summed E-state index contributed by atoms with van der Waals surface area (Å²) in [6, 6.07) is 4.31. The van der Waals surface area contributed by atoms with Crippen molar-refractivity contribution >= 4 is 11.5 Å². The van der Waals surface area contributed by atoms with Gasteiger partial charge in [0.2, 0.25) is 5.88 Å². The molecule has 1 unspecified atom stereocenters. The van der Waals surface area contributed by atoms with Crippen LogP contribution >= 0.6 is 0 Å². The molecular formula is C13H22N4O. The van der Waals surface area contributed by atoms with Crippen molar-refractivity contribution in [3.05, 3.63) is 12.1 Å². The van der Waals surface area contributed by atoms with Crippen LogP contribution in [0.4, 0.5) is 11.5 Å². The SMILES string of the molecule is COc1nc(N(C)C2CCCN(C)C2)ccc1N. The van der Waals surface area contributed by atoms with Crippen molar-refractivity contribution in [3.8, 4) is 5.88 Å². The number of nitrogens with two attached hydrogens (primary N) is 1. The zero-order valence-corrected chi connectivity index (χ0v) is 11.4. The lowest BCUT2D eigenvalue weighted by molar-refractivity contribution is 0.247. The second kappa shape index (κ2) is 5.44. The van der Waals surface area contributed by atoms with E-state index in [1.807, 2.05) is 12.1 Å². The fourth-order valence-corrected chi connectivity index (χ4v) is 2.44. The van der Waals surface area contributed by atoms with Crippen LogP contribution in [0.25, 0.3) is 0 Å². The van der Waals surface area contributed by atoms with Gasteiger partial charge in [0, 0.05) is 19.6 Å². The van der Waals surface area contributed by atoms with Gasteiger partial charge in [-0.25, -0.2) is 0 Å². The topological polar surface area (TPSA) is 54.6 Å². The number of aromatic nitrogens is 1. The average molecular weight is 250 g/mol. The highest BCUT2D eigenvalue weighted by Crippen LogP contribution is 2.25. The Morgan fingerprint density at radius 2 is 2.28 bits per heavy atom. The Balaban J connectivity index is 2.14. The lowest BCUT2D eigenvalue weighted by Gasteiger charge is -2.36. The fourth-order valence-electron chi connectivity index (χ4n) is 2.44. The normalized spacial score (nSPS) is 20.7. The molecule has 0 radical (unpaired) electrons. The van der Waals surface area contributed by atoms with Crippen molar-refractivity contribution in [2.75, 3.05) is 44.9 Å². The molecule has 5 heteroatoms. The van der Waals surface area contributed by atoms with Gasteiger partial charge in [-0.2, -0.15) is 4.98 Å². The van der Waals surface area contributed by atoms with E-state index in [1.165, 1.54) is 19.4 Å². The summed E-state index contributed by atoms with van der Waals surface area (Å²) >= 11 is 0. The molecule has 1 aromatic rings. The molecule has 1 atom stereocenters. The number of nitrogen functional groups attached to an aromatic ring is 1. The van der Waals surface area contributed by atoms with Gasteiger partial charge in [-0.3, -0.25) is 0 Å². The van der Waals surface area contributed by atoms with E-state index < -0.39 is 0 Å².